The summed E-state index contributed by atoms with van der Waals surface area (Å²) < 4.78 is 77.3. The smallest absolute Gasteiger partial charge is 0.341 e. The maximum absolute atomic E-state index is 14.1. The van der Waals surface area contributed by atoms with Gasteiger partial charge in [-0.15, -0.1) is 0 Å². The number of aliphatic hydroxyl groups excluding tert-OH is 1. The first-order valence-electron chi connectivity index (χ1n) is 12.4. The van der Waals surface area contributed by atoms with Crippen molar-refractivity contribution in [2.45, 2.75) is 35.6 Å². The van der Waals surface area contributed by atoms with Crippen molar-refractivity contribution in [3.05, 3.63) is 78.1 Å². The molecule has 4 aromatic rings. The number of aliphatic hydroxyl groups is 1. The number of alkyl halides is 4. The molecular weight excluding hydrogens is 566 g/mol. The molecule has 2 N–H and O–H groups in total. The molecule has 0 aliphatic carbocycles. The van der Waals surface area contributed by atoms with Crippen LogP contribution in [0.1, 0.15) is 22.5 Å². The minimum atomic E-state index is -4.85. The van der Waals surface area contributed by atoms with E-state index in [4.69, 9.17) is 0 Å². The van der Waals surface area contributed by atoms with E-state index < -0.39 is 45.0 Å². The Morgan fingerprint density at radius 2 is 1.83 bits per heavy atom. The van der Waals surface area contributed by atoms with Crippen molar-refractivity contribution in [1.82, 2.24) is 20.3 Å². The zero-order chi connectivity index (χ0) is 29.4. The number of carbonyl (C=O) groups is 1. The van der Waals surface area contributed by atoms with Gasteiger partial charge in [-0.3, -0.25) is 9.78 Å². The van der Waals surface area contributed by atoms with Gasteiger partial charge in [-0.2, -0.15) is 8.78 Å². The minimum absolute atomic E-state index is 0.0603. The van der Waals surface area contributed by atoms with Gasteiger partial charge in [-0.05, 0) is 55.0 Å². The van der Waals surface area contributed by atoms with E-state index in [1.54, 1.807) is 42.6 Å². The molecule has 9 nitrogen and oxygen atoms in total. The highest BCUT2D eigenvalue weighted by Gasteiger charge is 2.44. The highest BCUT2D eigenvalue weighted by molar-refractivity contribution is 7.91. The lowest BCUT2D eigenvalue weighted by Gasteiger charge is -2.36. The van der Waals surface area contributed by atoms with Gasteiger partial charge in [0.1, 0.15) is 11.9 Å². The normalized spacial score (nSPS) is 17.1. The number of halogens is 4. The molecule has 14 heteroatoms. The number of sulfone groups is 1. The topological polar surface area (TPSA) is 125 Å². The van der Waals surface area contributed by atoms with Crippen LogP contribution in [0.4, 0.5) is 23.4 Å². The average Bonchev–Trinajstić information content (AvgIpc) is 2.97. The molecule has 41 heavy (non-hydrogen) atoms. The third-order valence-corrected chi connectivity index (χ3v) is 7.98. The van der Waals surface area contributed by atoms with Crippen LogP contribution < -0.4 is 10.2 Å². The number of rotatable bonds is 7. The van der Waals surface area contributed by atoms with Crippen molar-refractivity contribution >= 4 is 32.5 Å². The summed E-state index contributed by atoms with van der Waals surface area (Å²) in [7, 11) is -4.85. The van der Waals surface area contributed by atoms with E-state index in [0.29, 0.717) is 33.8 Å². The molecule has 0 radical (unpaired) electrons. The Balaban J connectivity index is 1.33. The zero-order valence-corrected chi connectivity index (χ0v) is 22.0. The van der Waals surface area contributed by atoms with Crippen LogP contribution in [0.25, 0.3) is 22.3 Å². The molecule has 0 bridgehead atoms. The van der Waals surface area contributed by atoms with Gasteiger partial charge in [0.05, 0.1) is 40.6 Å². The molecule has 0 saturated carbocycles. The number of benzene rings is 1. The van der Waals surface area contributed by atoms with Gasteiger partial charge in [-0.1, -0.05) is 12.1 Å². The standard InChI is InChI=1S/C27H23F4N5O4S/c28-26(29)41(39,40)19-4-1-3-16(11-19)25(38)33-14-18-12-22-17(13-32-18)7-8-21(34-22)20-5-2-6-24(35-20)36-10-9-23(37)27(30,31)15-36/h1-8,11-13,23,26,37H,9-10,14-15H2,(H,33,38)/t23-/m0/s1. The highest BCUT2D eigenvalue weighted by Crippen LogP contribution is 2.31. The fourth-order valence-corrected chi connectivity index (χ4v) is 5.12. The summed E-state index contributed by atoms with van der Waals surface area (Å²) >= 11 is 0. The monoisotopic (exact) mass is 589 g/mol. The molecule has 1 aliphatic heterocycles. The molecule has 1 aliphatic rings. The van der Waals surface area contributed by atoms with Crippen LogP contribution in [-0.4, -0.2) is 65.3 Å². The van der Waals surface area contributed by atoms with Gasteiger partial charge in [0.15, 0.2) is 0 Å². The number of anilines is 1. The van der Waals surface area contributed by atoms with Crippen molar-refractivity contribution in [1.29, 1.82) is 0 Å². The Morgan fingerprint density at radius 3 is 2.59 bits per heavy atom. The first-order chi connectivity index (χ1) is 19.4. The van der Waals surface area contributed by atoms with Gasteiger partial charge in [-0.25, -0.2) is 27.2 Å². The van der Waals surface area contributed by atoms with Crippen molar-refractivity contribution in [3.63, 3.8) is 0 Å². The number of amides is 1. The van der Waals surface area contributed by atoms with E-state index in [0.717, 1.165) is 12.1 Å². The fourth-order valence-electron chi connectivity index (χ4n) is 4.35. The van der Waals surface area contributed by atoms with Crippen LogP contribution in [0.5, 0.6) is 0 Å². The molecule has 214 valence electrons. The van der Waals surface area contributed by atoms with Gasteiger partial charge < -0.3 is 15.3 Å². The van der Waals surface area contributed by atoms with Crippen LogP contribution >= 0.6 is 0 Å². The fraction of sp³-hybridized carbons (Fsp3) is 0.259. The number of nitrogens with one attached hydrogen (secondary N) is 1. The highest BCUT2D eigenvalue weighted by atomic mass is 32.2. The van der Waals surface area contributed by atoms with Crippen molar-refractivity contribution in [2.24, 2.45) is 0 Å². The summed E-state index contributed by atoms with van der Waals surface area (Å²) in [6, 6.07) is 14.5. The van der Waals surface area contributed by atoms with E-state index in [-0.39, 0.29) is 25.1 Å². The number of hydrogen-bond donors (Lipinski definition) is 2. The molecular formula is C27H23F4N5O4S. The Bertz CT molecular complexity index is 1720. The van der Waals surface area contributed by atoms with E-state index in [9.17, 15) is 35.9 Å². The molecule has 1 aromatic carbocycles. The SMILES string of the molecule is O=C(NCc1cc2nc(-c3cccc(N4CC[C@H](O)C(F)(F)C4)n3)ccc2cn1)c1cccc(S(=O)(=O)C(F)F)c1. The van der Waals surface area contributed by atoms with E-state index in [1.807, 2.05) is 0 Å². The number of carbonyl (C=O) groups excluding carboxylic acids is 1. The lowest BCUT2D eigenvalue weighted by atomic mass is 10.0. The predicted molar refractivity (Wildman–Crippen MR) is 141 cm³/mol. The molecule has 1 amide bonds. The Kier molecular flexibility index (Phi) is 7.62. The van der Waals surface area contributed by atoms with Gasteiger partial charge in [0.2, 0.25) is 9.84 Å². The second-order valence-corrected chi connectivity index (χ2v) is 11.4. The Hall–Kier alpha value is -4.17. The third-order valence-electron chi connectivity index (χ3n) is 6.60. The van der Waals surface area contributed by atoms with E-state index in [2.05, 4.69) is 20.3 Å². The number of hydrogen-bond acceptors (Lipinski definition) is 8. The van der Waals surface area contributed by atoms with Gasteiger partial charge in [0.25, 0.3) is 11.8 Å². The number of pyridine rings is 3. The molecule has 1 saturated heterocycles. The van der Waals surface area contributed by atoms with Crippen LogP contribution in [0.3, 0.4) is 0 Å². The Labute approximate surface area is 231 Å². The van der Waals surface area contributed by atoms with Gasteiger partial charge in [0, 0.05) is 23.7 Å². The summed E-state index contributed by atoms with van der Waals surface area (Å²) in [5, 5.41) is 12.8. The maximum atomic E-state index is 14.1. The number of piperidine rings is 1. The molecule has 5 rings (SSSR count). The summed E-state index contributed by atoms with van der Waals surface area (Å²) in [5.74, 6) is -7.21. The minimum Gasteiger partial charge on any atom is -0.387 e. The van der Waals surface area contributed by atoms with Crippen LogP contribution in [0.15, 0.2) is 71.8 Å². The summed E-state index contributed by atoms with van der Waals surface area (Å²) in [5.41, 5.74) is 1.75. The van der Waals surface area contributed by atoms with Crippen LogP contribution in [0, 0.1) is 0 Å². The van der Waals surface area contributed by atoms with Crippen LogP contribution in [-0.2, 0) is 16.4 Å². The first kappa shape index (κ1) is 28.4. The molecule has 1 atom stereocenters. The molecule has 4 heterocycles. The Morgan fingerprint density at radius 1 is 1.07 bits per heavy atom. The quantitative estimate of drug-likeness (QED) is 0.312. The summed E-state index contributed by atoms with van der Waals surface area (Å²) in [4.78, 5) is 26.7. The number of aromatic nitrogens is 3. The first-order valence-corrected chi connectivity index (χ1v) is 13.9. The van der Waals surface area contributed by atoms with Gasteiger partial charge >= 0.3 is 5.76 Å². The number of nitrogens with zero attached hydrogens (tertiary/aromatic N) is 4. The van der Waals surface area contributed by atoms with E-state index >= 15 is 0 Å². The predicted octanol–water partition coefficient (Wildman–Crippen LogP) is 3.82. The largest absolute Gasteiger partial charge is 0.387 e. The number of fused-ring (bicyclic) bond motifs is 1. The molecule has 3 aromatic heterocycles. The van der Waals surface area contributed by atoms with Crippen molar-refractivity contribution < 1.29 is 35.9 Å². The molecule has 1 fully saturated rings. The van der Waals surface area contributed by atoms with Crippen molar-refractivity contribution in [2.75, 3.05) is 18.0 Å². The summed E-state index contributed by atoms with van der Waals surface area (Å²) in [6.45, 7) is -0.483. The third kappa shape index (κ3) is 5.98. The summed E-state index contributed by atoms with van der Waals surface area (Å²) in [6.07, 6.45) is -0.225. The lowest BCUT2D eigenvalue weighted by Crippen LogP contribution is -2.51. The van der Waals surface area contributed by atoms with E-state index in [1.165, 1.54) is 17.0 Å². The van der Waals surface area contributed by atoms with Crippen molar-refractivity contribution in [3.8, 4) is 11.4 Å². The lowest BCUT2D eigenvalue weighted by molar-refractivity contribution is -0.113. The molecule has 0 unspecified atom stereocenters. The molecule has 0 spiro atoms. The maximum Gasteiger partial charge on any atom is 0.341 e. The average molecular weight is 590 g/mol. The zero-order valence-electron chi connectivity index (χ0n) is 21.2. The second kappa shape index (κ2) is 11.0. The van der Waals surface area contributed by atoms with Crippen LogP contribution in [0.2, 0.25) is 0 Å². The second-order valence-electron chi connectivity index (χ2n) is 9.45.